The Kier molecular flexibility index (Phi) is 7.92. The predicted octanol–water partition coefficient (Wildman–Crippen LogP) is 3.13. The first-order valence-electron chi connectivity index (χ1n) is 11.8. The van der Waals surface area contributed by atoms with Crippen molar-refractivity contribution in [3.8, 4) is 22.8 Å². The number of hydrogen-bond donors (Lipinski definition) is 2. The number of likely N-dealkylation sites (N-methyl/N-ethyl adjacent to an activating group) is 1. The van der Waals surface area contributed by atoms with Crippen LogP contribution in [0.5, 0.6) is 0 Å². The molecule has 0 saturated carbocycles. The van der Waals surface area contributed by atoms with Crippen molar-refractivity contribution in [2.45, 2.75) is 26.2 Å². The van der Waals surface area contributed by atoms with Gasteiger partial charge in [0.05, 0.1) is 11.2 Å². The highest BCUT2D eigenvalue weighted by Crippen LogP contribution is 2.34. The van der Waals surface area contributed by atoms with Gasteiger partial charge in [-0.05, 0) is 24.3 Å². The van der Waals surface area contributed by atoms with Crippen LogP contribution >= 0.6 is 0 Å². The van der Waals surface area contributed by atoms with Gasteiger partial charge in [-0.1, -0.05) is 30.3 Å². The van der Waals surface area contributed by atoms with Crippen LogP contribution in [0.15, 0.2) is 41.2 Å². The summed E-state index contributed by atoms with van der Waals surface area (Å²) in [5, 5.41) is 14.9. The number of alkyl halides is 3. The van der Waals surface area contributed by atoms with Crippen LogP contribution in [0.3, 0.4) is 0 Å². The second-order valence-corrected chi connectivity index (χ2v) is 8.76. The highest BCUT2D eigenvalue weighted by atomic mass is 19.4. The molecule has 3 N–H and O–H groups in total. The van der Waals surface area contributed by atoms with Crippen molar-refractivity contribution in [2.75, 3.05) is 39.0 Å². The summed E-state index contributed by atoms with van der Waals surface area (Å²) in [7, 11) is 2.17. The molecule has 5 rings (SSSR count). The normalized spacial score (nSPS) is 14.9. The lowest BCUT2D eigenvalue weighted by molar-refractivity contribution is -0.192. The van der Waals surface area contributed by atoms with Gasteiger partial charge in [0.25, 0.3) is 0 Å². The number of nitrogen functional groups attached to an aromatic ring is 1. The number of piperazine rings is 1. The standard InChI is InChI=1S/C22H26N8O.C2HF3O2/c1-3-30-20-16(14-29-11-9-28(2)10-12-29)13-24-17(15-7-5-4-6-8-15)18(20)25-22(30)19-21(23)27-31-26-19;3-2(4,5)1(6)7/h4-8,13H,3,9-12,14H2,1-2H3,(H2,23,27);(H,6,7). The zero-order valence-electron chi connectivity index (χ0n) is 20.8. The highest BCUT2D eigenvalue weighted by Gasteiger charge is 2.38. The van der Waals surface area contributed by atoms with E-state index in [9.17, 15) is 13.2 Å². The molecular formula is C24H27F3N8O3. The van der Waals surface area contributed by atoms with E-state index in [1.54, 1.807) is 0 Å². The molecule has 0 radical (unpaired) electrons. The Morgan fingerprint density at radius 2 is 1.76 bits per heavy atom. The molecule has 11 nitrogen and oxygen atoms in total. The lowest BCUT2D eigenvalue weighted by Crippen LogP contribution is -2.43. The molecule has 0 amide bonds. The maximum absolute atomic E-state index is 10.6. The number of carboxylic acid groups (broad SMARTS) is 1. The summed E-state index contributed by atoms with van der Waals surface area (Å²) >= 11 is 0. The van der Waals surface area contributed by atoms with Crippen molar-refractivity contribution < 1.29 is 27.7 Å². The third-order valence-corrected chi connectivity index (χ3v) is 6.17. The Balaban J connectivity index is 0.000000426. The van der Waals surface area contributed by atoms with E-state index in [1.807, 2.05) is 24.4 Å². The third kappa shape index (κ3) is 5.75. The maximum Gasteiger partial charge on any atom is 0.490 e. The topological polar surface area (TPSA) is 139 Å². The van der Waals surface area contributed by atoms with Crippen molar-refractivity contribution in [2.24, 2.45) is 0 Å². The molecule has 0 spiro atoms. The fourth-order valence-electron chi connectivity index (χ4n) is 4.22. The van der Waals surface area contributed by atoms with Gasteiger partial charge < -0.3 is 20.3 Å². The van der Waals surface area contributed by atoms with Crippen molar-refractivity contribution in [3.05, 3.63) is 42.1 Å². The average molecular weight is 533 g/mol. The number of aliphatic carboxylic acids is 1. The number of nitrogens with two attached hydrogens (primary N) is 1. The van der Waals surface area contributed by atoms with E-state index in [0.717, 1.165) is 60.6 Å². The van der Waals surface area contributed by atoms with E-state index in [0.29, 0.717) is 18.1 Å². The maximum atomic E-state index is 10.6. The van der Waals surface area contributed by atoms with E-state index in [-0.39, 0.29) is 5.82 Å². The number of benzene rings is 1. The number of nitrogens with zero attached hydrogens (tertiary/aromatic N) is 7. The summed E-state index contributed by atoms with van der Waals surface area (Å²) < 4.78 is 38.7. The second-order valence-electron chi connectivity index (χ2n) is 8.76. The van der Waals surface area contributed by atoms with Crippen LogP contribution in [0.4, 0.5) is 19.0 Å². The van der Waals surface area contributed by atoms with Crippen LogP contribution in [0.1, 0.15) is 12.5 Å². The first-order valence-corrected chi connectivity index (χ1v) is 11.8. The summed E-state index contributed by atoms with van der Waals surface area (Å²) in [5.74, 6) is -1.87. The molecule has 1 aliphatic rings. The van der Waals surface area contributed by atoms with E-state index >= 15 is 0 Å². The van der Waals surface area contributed by atoms with Crippen LogP contribution in [-0.4, -0.2) is 85.1 Å². The minimum Gasteiger partial charge on any atom is -0.475 e. The zero-order valence-corrected chi connectivity index (χ0v) is 20.8. The largest absolute Gasteiger partial charge is 0.490 e. The minimum absolute atomic E-state index is 0.236. The number of pyridine rings is 1. The summed E-state index contributed by atoms with van der Waals surface area (Å²) in [4.78, 5) is 23.5. The van der Waals surface area contributed by atoms with Gasteiger partial charge in [-0.3, -0.25) is 9.88 Å². The van der Waals surface area contributed by atoms with Crippen LogP contribution in [0, 0.1) is 0 Å². The summed E-state index contributed by atoms with van der Waals surface area (Å²) in [6.07, 6.45) is -3.09. The molecule has 1 aromatic carbocycles. The number of aromatic nitrogens is 5. The van der Waals surface area contributed by atoms with Crippen LogP contribution < -0.4 is 5.73 Å². The first kappa shape index (κ1) is 27.0. The number of anilines is 1. The number of aryl methyl sites for hydroxylation is 1. The molecule has 0 bridgehead atoms. The van der Waals surface area contributed by atoms with Crippen molar-refractivity contribution in [1.29, 1.82) is 0 Å². The number of halogens is 3. The van der Waals surface area contributed by atoms with Gasteiger partial charge in [0, 0.05) is 56.6 Å². The fraction of sp³-hybridized carbons (Fsp3) is 0.375. The number of hydrogen-bond acceptors (Lipinski definition) is 9. The van der Waals surface area contributed by atoms with E-state index in [1.165, 1.54) is 0 Å². The third-order valence-electron chi connectivity index (χ3n) is 6.17. The summed E-state index contributed by atoms with van der Waals surface area (Å²) in [5.41, 5.74) is 11.4. The molecule has 1 saturated heterocycles. The van der Waals surface area contributed by atoms with E-state index in [2.05, 4.69) is 50.8 Å². The minimum atomic E-state index is -5.08. The van der Waals surface area contributed by atoms with Crippen molar-refractivity contribution >= 4 is 22.8 Å². The lowest BCUT2D eigenvalue weighted by atomic mass is 10.1. The van der Waals surface area contributed by atoms with Gasteiger partial charge in [0.15, 0.2) is 17.3 Å². The number of carbonyl (C=O) groups is 1. The lowest BCUT2D eigenvalue weighted by Gasteiger charge is -2.32. The molecule has 0 unspecified atom stereocenters. The second kappa shape index (κ2) is 11.1. The van der Waals surface area contributed by atoms with Crippen LogP contribution in [0.25, 0.3) is 33.8 Å². The Morgan fingerprint density at radius 1 is 1.11 bits per heavy atom. The van der Waals surface area contributed by atoms with Crippen LogP contribution in [0.2, 0.25) is 0 Å². The molecule has 0 aliphatic carbocycles. The van der Waals surface area contributed by atoms with Gasteiger partial charge >= 0.3 is 12.1 Å². The predicted molar refractivity (Wildman–Crippen MR) is 133 cm³/mol. The summed E-state index contributed by atoms with van der Waals surface area (Å²) in [6, 6.07) is 10.1. The molecule has 4 aromatic rings. The van der Waals surface area contributed by atoms with E-state index < -0.39 is 12.1 Å². The molecular weight excluding hydrogens is 505 g/mol. The van der Waals surface area contributed by atoms with Gasteiger partial charge in [-0.15, -0.1) is 0 Å². The van der Waals surface area contributed by atoms with Gasteiger partial charge in [-0.25, -0.2) is 14.4 Å². The fourth-order valence-corrected chi connectivity index (χ4v) is 4.22. The monoisotopic (exact) mass is 532 g/mol. The number of fused-ring (bicyclic) bond motifs is 1. The first-order chi connectivity index (χ1) is 18.1. The summed E-state index contributed by atoms with van der Waals surface area (Å²) in [6.45, 7) is 7.83. The Hall–Kier alpha value is -4.04. The van der Waals surface area contributed by atoms with Crippen molar-refractivity contribution in [1.82, 2.24) is 34.6 Å². The average Bonchev–Trinajstić information content (AvgIpc) is 3.49. The Bertz CT molecular complexity index is 1400. The van der Waals surface area contributed by atoms with Crippen LogP contribution in [-0.2, 0) is 17.9 Å². The molecule has 38 heavy (non-hydrogen) atoms. The molecule has 202 valence electrons. The highest BCUT2D eigenvalue weighted by molar-refractivity contribution is 5.94. The zero-order chi connectivity index (χ0) is 27.4. The molecule has 0 atom stereocenters. The van der Waals surface area contributed by atoms with Gasteiger partial charge in [0.2, 0.25) is 0 Å². The molecule has 1 aliphatic heterocycles. The Morgan fingerprint density at radius 3 is 2.32 bits per heavy atom. The molecule has 4 heterocycles. The Labute approximate surface area is 215 Å². The molecule has 14 heteroatoms. The SMILES string of the molecule is CCn1c(-c2nonc2N)nc2c(-c3ccccc3)ncc(CN3CCN(C)CC3)c21.O=C(O)C(F)(F)F. The van der Waals surface area contributed by atoms with Gasteiger partial charge in [0.1, 0.15) is 5.52 Å². The van der Waals surface area contributed by atoms with Gasteiger partial charge in [-0.2, -0.15) is 13.2 Å². The van der Waals surface area contributed by atoms with E-state index in [4.69, 9.17) is 30.2 Å². The molecule has 3 aromatic heterocycles. The molecule has 1 fully saturated rings. The number of imidazole rings is 1. The quantitative estimate of drug-likeness (QED) is 0.394. The number of carboxylic acids is 1. The van der Waals surface area contributed by atoms with Crippen molar-refractivity contribution in [3.63, 3.8) is 0 Å². The smallest absolute Gasteiger partial charge is 0.475 e. The number of rotatable bonds is 5.